The number of hydrogen-bond donors (Lipinski definition) is 0. The average molecular weight is 408 g/mol. The summed E-state index contributed by atoms with van der Waals surface area (Å²) in [5.41, 5.74) is 1.92. The summed E-state index contributed by atoms with van der Waals surface area (Å²) in [6.07, 6.45) is 5.23. The molecule has 0 radical (unpaired) electrons. The predicted octanol–water partition coefficient (Wildman–Crippen LogP) is 4.70. The van der Waals surface area contributed by atoms with Crippen LogP contribution in [0.5, 0.6) is 0 Å². The van der Waals surface area contributed by atoms with Gasteiger partial charge in [0.05, 0.1) is 6.10 Å². The Hall–Kier alpha value is -2.40. The first-order valence-corrected chi connectivity index (χ1v) is 11.1. The molecule has 3 heterocycles. The molecule has 2 fully saturated rings. The number of ether oxygens (including phenoxy) is 1. The van der Waals surface area contributed by atoms with Gasteiger partial charge in [0.1, 0.15) is 11.9 Å². The van der Waals surface area contributed by atoms with Crippen LogP contribution in [-0.4, -0.2) is 48.1 Å². The fourth-order valence-electron chi connectivity index (χ4n) is 4.28. The summed E-state index contributed by atoms with van der Waals surface area (Å²) in [7, 11) is 0. The van der Waals surface area contributed by atoms with Gasteiger partial charge in [-0.2, -0.15) is 0 Å². The van der Waals surface area contributed by atoms with Crippen molar-refractivity contribution in [2.45, 2.75) is 52.2 Å². The van der Waals surface area contributed by atoms with E-state index in [0.29, 0.717) is 0 Å². The highest BCUT2D eigenvalue weighted by atomic mass is 16.5. The van der Waals surface area contributed by atoms with Gasteiger partial charge in [-0.1, -0.05) is 51.1 Å². The SMILES string of the molecule is CC(C)(C)[C@H]1CN(c2cc(C(=O)N3CCCCC3)ccn2)C[C@@H](c2ccccc2)O1. The lowest BCUT2D eigenvalue weighted by Crippen LogP contribution is -2.49. The fourth-order valence-corrected chi connectivity index (χ4v) is 4.28. The van der Waals surface area contributed by atoms with Gasteiger partial charge in [-0.3, -0.25) is 4.79 Å². The van der Waals surface area contributed by atoms with Crippen molar-refractivity contribution >= 4 is 11.7 Å². The molecule has 2 aliphatic rings. The maximum absolute atomic E-state index is 13.0. The molecule has 0 unspecified atom stereocenters. The molecular weight excluding hydrogens is 374 g/mol. The Morgan fingerprint density at radius 1 is 1.03 bits per heavy atom. The second kappa shape index (κ2) is 8.76. The normalized spacial score (nSPS) is 22.8. The van der Waals surface area contributed by atoms with Crippen LogP contribution in [0.1, 0.15) is 62.1 Å². The first kappa shape index (κ1) is 20.9. The summed E-state index contributed by atoms with van der Waals surface area (Å²) >= 11 is 0. The highest BCUT2D eigenvalue weighted by Gasteiger charge is 2.36. The van der Waals surface area contributed by atoms with E-state index in [1.807, 2.05) is 23.1 Å². The molecule has 1 aromatic carbocycles. The van der Waals surface area contributed by atoms with Gasteiger partial charge in [0.25, 0.3) is 5.91 Å². The molecule has 0 aliphatic carbocycles. The third-order valence-electron chi connectivity index (χ3n) is 6.20. The molecular formula is C25H33N3O2. The molecule has 30 heavy (non-hydrogen) atoms. The van der Waals surface area contributed by atoms with E-state index in [9.17, 15) is 4.79 Å². The van der Waals surface area contributed by atoms with Crippen molar-refractivity contribution < 1.29 is 9.53 Å². The van der Waals surface area contributed by atoms with Crippen molar-refractivity contribution in [1.82, 2.24) is 9.88 Å². The maximum atomic E-state index is 13.0. The zero-order valence-electron chi connectivity index (χ0n) is 18.4. The van der Waals surface area contributed by atoms with E-state index in [1.54, 1.807) is 6.20 Å². The molecule has 1 amide bonds. The Morgan fingerprint density at radius 3 is 2.47 bits per heavy atom. The second-order valence-electron chi connectivity index (χ2n) is 9.55. The summed E-state index contributed by atoms with van der Waals surface area (Å²) < 4.78 is 6.52. The van der Waals surface area contributed by atoms with Crippen LogP contribution in [0.2, 0.25) is 0 Å². The summed E-state index contributed by atoms with van der Waals surface area (Å²) in [6.45, 7) is 9.85. The van der Waals surface area contributed by atoms with Crippen molar-refractivity contribution in [2.24, 2.45) is 5.41 Å². The van der Waals surface area contributed by atoms with Gasteiger partial charge in [-0.15, -0.1) is 0 Å². The van der Waals surface area contributed by atoms with E-state index in [1.165, 1.54) is 12.0 Å². The van der Waals surface area contributed by atoms with Crippen LogP contribution in [0.15, 0.2) is 48.7 Å². The van der Waals surface area contributed by atoms with Crippen LogP contribution in [-0.2, 0) is 4.74 Å². The number of likely N-dealkylation sites (tertiary alicyclic amines) is 1. The molecule has 0 N–H and O–H groups in total. The molecule has 2 aliphatic heterocycles. The van der Waals surface area contributed by atoms with Gasteiger partial charge in [-0.05, 0) is 42.4 Å². The highest BCUT2D eigenvalue weighted by molar-refractivity contribution is 5.94. The third-order valence-corrected chi connectivity index (χ3v) is 6.20. The second-order valence-corrected chi connectivity index (χ2v) is 9.55. The fraction of sp³-hybridized carbons (Fsp3) is 0.520. The Balaban J connectivity index is 1.59. The van der Waals surface area contributed by atoms with Gasteiger partial charge in [-0.25, -0.2) is 4.98 Å². The molecule has 0 bridgehead atoms. The maximum Gasteiger partial charge on any atom is 0.254 e. The van der Waals surface area contributed by atoms with E-state index >= 15 is 0 Å². The highest BCUT2D eigenvalue weighted by Crippen LogP contribution is 2.35. The van der Waals surface area contributed by atoms with Crippen LogP contribution in [0.3, 0.4) is 0 Å². The number of aromatic nitrogens is 1. The summed E-state index contributed by atoms with van der Waals surface area (Å²) in [6, 6.07) is 14.2. The van der Waals surface area contributed by atoms with Gasteiger partial charge < -0.3 is 14.5 Å². The number of anilines is 1. The lowest BCUT2D eigenvalue weighted by atomic mass is 9.87. The number of carbonyl (C=O) groups excluding carboxylic acids is 1. The van der Waals surface area contributed by atoms with Crippen molar-refractivity contribution in [3.8, 4) is 0 Å². The molecule has 5 nitrogen and oxygen atoms in total. The molecule has 0 spiro atoms. The zero-order chi connectivity index (χ0) is 21.1. The first-order chi connectivity index (χ1) is 14.4. The smallest absolute Gasteiger partial charge is 0.254 e. The van der Waals surface area contributed by atoms with Crippen molar-refractivity contribution in [3.05, 3.63) is 59.8 Å². The number of nitrogens with zero attached hydrogens (tertiary/aromatic N) is 3. The number of pyridine rings is 1. The predicted molar refractivity (Wildman–Crippen MR) is 120 cm³/mol. The lowest BCUT2D eigenvalue weighted by Gasteiger charge is -2.44. The number of hydrogen-bond acceptors (Lipinski definition) is 4. The molecule has 2 saturated heterocycles. The standard InChI is InChI=1S/C25H33N3O2/c1-25(2,3)22-18-28(17-21(30-22)19-10-6-4-7-11-19)23-16-20(12-13-26-23)24(29)27-14-8-5-9-15-27/h4,6-7,10-13,16,21-22H,5,8-9,14-15,17-18H2,1-3H3/t21-,22+/m0/s1. The van der Waals surface area contributed by atoms with E-state index < -0.39 is 0 Å². The van der Waals surface area contributed by atoms with Crippen molar-refractivity contribution in [2.75, 3.05) is 31.1 Å². The Labute approximate surface area is 180 Å². The van der Waals surface area contributed by atoms with E-state index in [-0.39, 0.29) is 23.5 Å². The minimum atomic E-state index is -0.0209. The van der Waals surface area contributed by atoms with Gasteiger partial charge in [0, 0.05) is 37.9 Å². The van der Waals surface area contributed by atoms with Crippen molar-refractivity contribution in [1.29, 1.82) is 0 Å². The van der Waals surface area contributed by atoms with Crippen LogP contribution in [0, 0.1) is 5.41 Å². The van der Waals surface area contributed by atoms with Crippen LogP contribution in [0.25, 0.3) is 0 Å². The minimum absolute atomic E-state index is 0.00688. The zero-order valence-corrected chi connectivity index (χ0v) is 18.4. The molecule has 4 rings (SSSR count). The third kappa shape index (κ3) is 4.67. The monoisotopic (exact) mass is 407 g/mol. The van der Waals surface area contributed by atoms with Gasteiger partial charge in [0.2, 0.25) is 0 Å². The van der Waals surface area contributed by atoms with E-state index in [4.69, 9.17) is 4.74 Å². The number of rotatable bonds is 3. The summed E-state index contributed by atoms with van der Waals surface area (Å²) in [4.78, 5) is 21.9. The van der Waals surface area contributed by atoms with Crippen LogP contribution >= 0.6 is 0 Å². The van der Waals surface area contributed by atoms with Crippen LogP contribution < -0.4 is 4.90 Å². The average Bonchev–Trinajstić information content (AvgIpc) is 2.79. The Morgan fingerprint density at radius 2 is 1.77 bits per heavy atom. The summed E-state index contributed by atoms with van der Waals surface area (Å²) in [5.74, 6) is 0.981. The van der Waals surface area contributed by atoms with E-state index in [0.717, 1.165) is 50.4 Å². The number of morpholine rings is 1. The Kier molecular flexibility index (Phi) is 6.09. The topological polar surface area (TPSA) is 45.7 Å². The molecule has 5 heteroatoms. The number of carbonyl (C=O) groups is 1. The largest absolute Gasteiger partial charge is 0.366 e. The first-order valence-electron chi connectivity index (χ1n) is 11.1. The molecule has 1 aromatic heterocycles. The number of benzene rings is 1. The molecule has 160 valence electrons. The van der Waals surface area contributed by atoms with E-state index in [2.05, 4.69) is 54.9 Å². The van der Waals surface area contributed by atoms with Crippen LogP contribution in [0.4, 0.5) is 5.82 Å². The van der Waals surface area contributed by atoms with Gasteiger partial charge >= 0.3 is 0 Å². The number of amides is 1. The summed E-state index contributed by atoms with van der Waals surface area (Å²) in [5, 5.41) is 0. The molecule has 0 saturated carbocycles. The molecule has 2 aromatic rings. The van der Waals surface area contributed by atoms with Gasteiger partial charge in [0.15, 0.2) is 0 Å². The quantitative estimate of drug-likeness (QED) is 0.740. The minimum Gasteiger partial charge on any atom is -0.366 e. The number of piperidine rings is 1. The lowest BCUT2D eigenvalue weighted by molar-refractivity contribution is -0.0792. The van der Waals surface area contributed by atoms with Crippen molar-refractivity contribution in [3.63, 3.8) is 0 Å². The Bertz CT molecular complexity index is 856. The molecule has 2 atom stereocenters.